The Bertz CT molecular complexity index is 674. The van der Waals surface area contributed by atoms with Gasteiger partial charge in [0.25, 0.3) is 14.6 Å². The van der Waals surface area contributed by atoms with Gasteiger partial charge in [-0.3, -0.25) is 14.3 Å². The van der Waals surface area contributed by atoms with Crippen molar-refractivity contribution in [3.05, 3.63) is 27.0 Å². The van der Waals surface area contributed by atoms with Crippen molar-refractivity contribution in [1.29, 1.82) is 0 Å². The quantitative estimate of drug-likeness (QED) is 0.574. The van der Waals surface area contributed by atoms with Gasteiger partial charge in [-0.15, -0.1) is 5.92 Å². The van der Waals surface area contributed by atoms with Crippen LogP contribution in [0.5, 0.6) is 0 Å². The summed E-state index contributed by atoms with van der Waals surface area (Å²) in [5.41, 5.74) is -1.78. The zero-order valence-corrected chi connectivity index (χ0v) is 9.72. The molecule has 1 aromatic rings. The highest BCUT2D eigenvalue weighted by atomic mass is 35.7. The van der Waals surface area contributed by atoms with Gasteiger partial charge in [-0.1, -0.05) is 5.92 Å². The normalized spacial score (nSPS) is 10.6. The molecule has 0 aliphatic heterocycles. The lowest BCUT2D eigenvalue weighted by molar-refractivity contribution is 0.604. The van der Waals surface area contributed by atoms with Crippen LogP contribution in [0.15, 0.2) is 20.7 Å². The molecular weight excluding hydrogens is 256 g/mol. The van der Waals surface area contributed by atoms with Gasteiger partial charge < -0.3 is 0 Å². The third kappa shape index (κ3) is 2.74. The van der Waals surface area contributed by atoms with Crippen LogP contribution in [0.25, 0.3) is 0 Å². The molecule has 0 aromatic carbocycles. The Morgan fingerprint density at radius 3 is 2.62 bits per heavy atom. The first-order valence-corrected chi connectivity index (χ1v) is 6.35. The summed E-state index contributed by atoms with van der Waals surface area (Å²) in [6.45, 7) is 1.54. The van der Waals surface area contributed by atoms with E-state index < -0.39 is 25.2 Å². The molecule has 86 valence electrons. The molecule has 0 radical (unpaired) electrons. The van der Waals surface area contributed by atoms with Gasteiger partial charge >= 0.3 is 5.69 Å². The Labute approximate surface area is 95.3 Å². The maximum atomic E-state index is 11.2. The number of hydrogen-bond donors (Lipinski definition) is 1. The Balaban J connectivity index is 3.49. The molecule has 0 aliphatic rings. The zero-order valence-electron chi connectivity index (χ0n) is 8.15. The first-order valence-electron chi connectivity index (χ1n) is 4.04. The fourth-order valence-electron chi connectivity index (χ4n) is 0.945. The molecular formula is C8H7ClN2O4S. The predicted octanol–water partition coefficient (Wildman–Crippen LogP) is -0.513. The van der Waals surface area contributed by atoms with E-state index in [0.29, 0.717) is 0 Å². The number of hydrogen-bond acceptors (Lipinski definition) is 4. The van der Waals surface area contributed by atoms with Crippen molar-refractivity contribution in [2.75, 3.05) is 0 Å². The van der Waals surface area contributed by atoms with Gasteiger partial charge in [-0.05, 0) is 6.92 Å². The van der Waals surface area contributed by atoms with Crippen LogP contribution in [0.1, 0.15) is 6.92 Å². The van der Waals surface area contributed by atoms with Gasteiger partial charge in [0.1, 0.15) is 0 Å². The van der Waals surface area contributed by atoms with Crippen molar-refractivity contribution >= 4 is 19.7 Å². The van der Waals surface area contributed by atoms with Gasteiger partial charge in [0, 0.05) is 16.9 Å². The van der Waals surface area contributed by atoms with E-state index in [9.17, 15) is 18.0 Å². The van der Waals surface area contributed by atoms with Gasteiger partial charge in [0.05, 0.1) is 6.54 Å². The highest BCUT2D eigenvalue weighted by Gasteiger charge is 2.16. The topological polar surface area (TPSA) is 89.0 Å². The van der Waals surface area contributed by atoms with E-state index in [0.717, 1.165) is 10.8 Å². The number of halogens is 1. The van der Waals surface area contributed by atoms with Crippen LogP contribution in [-0.2, 0) is 15.6 Å². The molecule has 1 heterocycles. The number of rotatable bonds is 2. The van der Waals surface area contributed by atoms with E-state index in [1.165, 1.54) is 0 Å². The second-order valence-electron chi connectivity index (χ2n) is 2.75. The summed E-state index contributed by atoms with van der Waals surface area (Å²) in [7, 11) is 0.846. The van der Waals surface area contributed by atoms with Gasteiger partial charge in [-0.25, -0.2) is 13.2 Å². The molecule has 0 bridgehead atoms. The second kappa shape index (κ2) is 4.55. The van der Waals surface area contributed by atoms with Crippen molar-refractivity contribution in [3.63, 3.8) is 0 Å². The van der Waals surface area contributed by atoms with E-state index in [1.54, 1.807) is 6.92 Å². The average Bonchev–Trinajstić information content (AvgIpc) is 2.14. The standard InChI is InChI=1S/C8H7ClN2O4S/c1-2-3-4-11-5-6(16(9,14)15)7(12)10-8(11)13/h5H,4H2,1H3,(H,10,12,13). The largest absolute Gasteiger partial charge is 0.329 e. The third-order valence-electron chi connectivity index (χ3n) is 1.67. The highest BCUT2D eigenvalue weighted by molar-refractivity contribution is 8.13. The molecule has 0 saturated carbocycles. The van der Waals surface area contributed by atoms with Crippen LogP contribution >= 0.6 is 10.7 Å². The minimum absolute atomic E-state index is 0.0223. The Kier molecular flexibility index (Phi) is 3.57. The lowest BCUT2D eigenvalue weighted by Crippen LogP contribution is -2.32. The molecule has 0 unspecified atom stereocenters. The molecule has 0 atom stereocenters. The molecule has 0 amide bonds. The van der Waals surface area contributed by atoms with Crippen molar-refractivity contribution in [1.82, 2.24) is 9.55 Å². The summed E-state index contributed by atoms with van der Waals surface area (Å²) in [5, 5.41) is 0. The summed E-state index contributed by atoms with van der Waals surface area (Å²) >= 11 is 0. The summed E-state index contributed by atoms with van der Waals surface area (Å²) in [6.07, 6.45) is 0.869. The van der Waals surface area contributed by atoms with Crippen molar-refractivity contribution in [3.8, 4) is 11.8 Å². The second-order valence-corrected chi connectivity index (χ2v) is 5.28. The number of aromatic nitrogens is 2. The number of nitrogens with one attached hydrogen (secondary N) is 1. The highest BCUT2D eigenvalue weighted by Crippen LogP contribution is 2.06. The fraction of sp³-hybridized carbons (Fsp3) is 0.250. The number of nitrogens with zero attached hydrogens (tertiary/aromatic N) is 1. The van der Waals surface area contributed by atoms with Crippen molar-refractivity contribution in [2.24, 2.45) is 0 Å². The molecule has 0 fully saturated rings. The lowest BCUT2D eigenvalue weighted by Gasteiger charge is -2.01. The van der Waals surface area contributed by atoms with Crippen LogP contribution in [0.2, 0.25) is 0 Å². The number of aromatic amines is 1. The van der Waals surface area contributed by atoms with Crippen LogP contribution in [0, 0.1) is 11.8 Å². The maximum absolute atomic E-state index is 11.2. The smallest absolute Gasteiger partial charge is 0.288 e. The summed E-state index contributed by atoms with van der Waals surface area (Å²) < 4.78 is 22.9. The summed E-state index contributed by atoms with van der Waals surface area (Å²) in [4.78, 5) is 23.5. The van der Waals surface area contributed by atoms with E-state index in [1.807, 2.05) is 4.98 Å². The molecule has 1 N–H and O–H groups in total. The molecule has 8 heteroatoms. The first-order chi connectivity index (χ1) is 7.36. The lowest BCUT2D eigenvalue weighted by atomic mass is 10.5. The monoisotopic (exact) mass is 262 g/mol. The third-order valence-corrected chi connectivity index (χ3v) is 2.98. The van der Waals surface area contributed by atoms with Crippen molar-refractivity contribution < 1.29 is 8.42 Å². The van der Waals surface area contributed by atoms with Crippen molar-refractivity contribution in [2.45, 2.75) is 18.4 Å². The van der Waals surface area contributed by atoms with Gasteiger partial charge in [0.15, 0.2) is 4.90 Å². The first kappa shape index (κ1) is 12.5. The van der Waals surface area contributed by atoms with E-state index in [2.05, 4.69) is 11.8 Å². The molecule has 0 spiro atoms. The van der Waals surface area contributed by atoms with Gasteiger partial charge in [0.2, 0.25) is 0 Å². The summed E-state index contributed by atoms with van der Waals surface area (Å²) in [6, 6.07) is 0. The van der Waals surface area contributed by atoms with Gasteiger partial charge in [-0.2, -0.15) is 0 Å². The van der Waals surface area contributed by atoms with E-state index in [-0.39, 0.29) is 6.54 Å². The SMILES string of the molecule is CC#CCn1cc(S(=O)(=O)Cl)c(=O)[nH]c1=O. The predicted molar refractivity (Wildman–Crippen MR) is 57.8 cm³/mol. The molecule has 1 rings (SSSR count). The molecule has 1 aromatic heterocycles. The van der Waals surface area contributed by atoms with Crippen LogP contribution < -0.4 is 11.2 Å². The average molecular weight is 263 g/mol. The maximum Gasteiger partial charge on any atom is 0.329 e. The van der Waals surface area contributed by atoms with Crippen LogP contribution in [-0.4, -0.2) is 18.0 Å². The van der Waals surface area contributed by atoms with E-state index in [4.69, 9.17) is 10.7 Å². The Morgan fingerprint density at radius 1 is 1.50 bits per heavy atom. The van der Waals surface area contributed by atoms with Crippen LogP contribution in [0.3, 0.4) is 0 Å². The minimum atomic E-state index is -4.18. The molecule has 0 aliphatic carbocycles. The molecule has 16 heavy (non-hydrogen) atoms. The zero-order chi connectivity index (χ0) is 12.3. The molecule has 0 saturated heterocycles. The Hall–Kier alpha value is -1.52. The number of H-pyrrole nitrogens is 1. The van der Waals surface area contributed by atoms with E-state index >= 15 is 0 Å². The summed E-state index contributed by atoms with van der Waals surface area (Å²) in [5.74, 6) is 5.09. The Morgan fingerprint density at radius 2 is 2.12 bits per heavy atom. The van der Waals surface area contributed by atoms with Crippen LogP contribution in [0.4, 0.5) is 0 Å². The fourth-order valence-corrected chi connectivity index (χ4v) is 1.80. The molecule has 6 nitrogen and oxygen atoms in total. The minimum Gasteiger partial charge on any atom is -0.288 e.